The van der Waals surface area contributed by atoms with Crippen molar-refractivity contribution in [2.45, 2.75) is 13.8 Å². The third kappa shape index (κ3) is 1.73. The zero-order valence-corrected chi connectivity index (χ0v) is 11.4. The SMILES string of the molecule is CC(=O)c1c2ccccc2c(C(C)=O)c2ccccc12. The first-order valence-corrected chi connectivity index (χ1v) is 6.56. The van der Waals surface area contributed by atoms with Gasteiger partial charge in [0, 0.05) is 11.1 Å². The first-order valence-electron chi connectivity index (χ1n) is 6.56. The molecule has 0 saturated carbocycles. The molecular weight excluding hydrogens is 248 g/mol. The highest BCUT2D eigenvalue weighted by Gasteiger charge is 2.17. The van der Waals surface area contributed by atoms with Gasteiger partial charge in [0.1, 0.15) is 0 Å². The Kier molecular flexibility index (Phi) is 2.87. The largest absolute Gasteiger partial charge is 0.294 e. The van der Waals surface area contributed by atoms with Crippen molar-refractivity contribution in [3.63, 3.8) is 0 Å². The van der Waals surface area contributed by atoms with Crippen LogP contribution in [0.1, 0.15) is 34.6 Å². The van der Waals surface area contributed by atoms with Gasteiger partial charge in [0.05, 0.1) is 0 Å². The zero-order valence-electron chi connectivity index (χ0n) is 11.4. The van der Waals surface area contributed by atoms with Crippen molar-refractivity contribution in [3.05, 3.63) is 59.7 Å². The summed E-state index contributed by atoms with van der Waals surface area (Å²) in [6.45, 7) is 3.14. The second-order valence-electron chi connectivity index (χ2n) is 4.95. The number of rotatable bonds is 2. The molecule has 0 heterocycles. The van der Waals surface area contributed by atoms with E-state index in [1.165, 1.54) is 0 Å². The van der Waals surface area contributed by atoms with E-state index in [2.05, 4.69) is 0 Å². The molecule has 0 radical (unpaired) electrons. The van der Waals surface area contributed by atoms with Gasteiger partial charge in [-0.25, -0.2) is 0 Å². The standard InChI is InChI=1S/C18H14O2/c1-11(19)17-13-7-3-5-9-15(13)18(12(2)20)16-10-6-4-8-14(16)17/h3-10H,1-2H3. The summed E-state index contributed by atoms with van der Waals surface area (Å²) in [6, 6.07) is 15.2. The van der Waals surface area contributed by atoms with Gasteiger partial charge < -0.3 is 0 Å². The molecule has 0 aliphatic rings. The monoisotopic (exact) mass is 262 g/mol. The van der Waals surface area contributed by atoms with Crippen LogP contribution in [0.4, 0.5) is 0 Å². The van der Waals surface area contributed by atoms with E-state index >= 15 is 0 Å². The molecule has 0 N–H and O–H groups in total. The second-order valence-corrected chi connectivity index (χ2v) is 4.95. The molecular formula is C18H14O2. The third-order valence-corrected chi connectivity index (χ3v) is 3.64. The topological polar surface area (TPSA) is 34.1 Å². The van der Waals surface area contributed by atoms with Crippen molar-refractivity contribution in [2.24, 2.45) is 0 Å². The lowest BCUT2D eigenvalue weighted by molar-refractivity contribution is 0.101. The number of ketones is 2. The quantitative estimate of drug-likeness (QED) is 0.506. The van der Waals surface area contributed by atoms with Gasteiger partial charge in [-0.15, -0.1) is 0 Å². The predicted molar refractivity (Wildman–Crippen MR) is 81.5 cm³/mol. The minimum Gasteiger partial charge on any atom is -0.294 e. The van der Waals surface area contributed by atoms with Crippen molar-refractivity contribution >= 4 is 33.1 Å². The Balaban J connectivity index is 2.69. The van der Waals surface area contributed by atoms with Crippen LogP contribution in [-0.4, -0.2) is 11.6 Å². The van der Waals surface area contributed by atoms with Crippen LogP contribution in [0.2, 0.25) is 0 Å². The van der Waals surface area contributed by atoms with Crippen molar-refractivity contribution in [1.82, 2.24) is 0 Å². The first-order chi connectivity index (χ1) is 9.61. The fraction of sp³-hybridized carbons (Fsp3) is 0.111. The van der Waals surface area contributed by atoms with Crippen molar-refractivity contribution in [1.29, 1.82) is 0 Å². The van der Waals surface area contributed by atoms with Gasteiger partial charge in [-0.1, -0.05) is 48.5 Å². The van der Waals surface area contributed by atoms with Gasteiger partial charge in [-0.05, 0) is 35.4 Å². The van der Waals surface area contributed by atoms with E-state index in [9.17, 15) is 9.59 Å². The Hall–Kier alpha value is -2.48. The molecule has 3 rings (SSSR count). The molecule has 0 aliphatic heterocycles. The molecule has 0 aromatic heterocycles. The molecule has 0 amide bonds. The van der Waals surface area contributed by atoms with E-state index in [0.717, 1.165) is 21.5 Å². The predicted octanol–water partition coefficient (Wildman–Crippen LogP) is 4.40. The summed E-state index contributed by atoms with van der Waals surface area (Å²) in [5.74, 6) is 0.0417. The Labute approximate surface area is 117 Å². The molecule has 20 heavy (non-hydrogen) atoms. The normalized spacial score (nSPS) is 10.9. The van der Waals surface area contributed by atoms with E-state index in [0.29, 0.717) is 11.1 Å². The lowest BCUT2D eigenvalue weighted by atomic mass is 9.89. The summed E-state index contributed by atoms with van der Waals surface area (Å²) in [5.41, 5.74) is 1.39. The molecule has 3 aromatic carbocycles. The highest BCUT2D eigenvalue weighted by atomic mass is 16.1. The van der Waals surface area contributed by atoms with Crippen LogP contribution < -0.4 is 0 Å². The number of fused-ring (bicyclic) bond motifs is 2. The number of benzene rings is 3. The Morgan fingerprint density at radius 3 is 1.05 bits per heavy atom. The number of carbonyl (C=O) groups is 2. The Morgan fingerprint density at radius 1 is 0.600 bits per heavy atom. The van der Waals surface area contributed by atoms with E-state index < -0.39 is 0 Å². The maximum atomic E-state index is 12.1. The molecule has 98 valence electrons. The Morgan fingerprint density at radius 2 is 0.850 bits per heavy atom. The number of carbonyl (C=O) groups excluding carboxylic acids is 2. The summed E-state index contributed by atoms with van der Waals surface area (Å²) in [5, 5.41) is 3.40. The second kappa shape index (κ2) is 4.57. The summed E-state index contributed by atoms with van der Waals surface area (Å²) >= 11 is 0. The minimum atomic E-state index is 0.0208. The molecule has 0 unspecified atom stereocenters. The van der Waals surface area contributed by atoms with Crippen LogP contribution in [0.5, 0.6) is 0 Å². The van der Waals surface area contributed by atoms with Crippen molar-refractivity contribution in [3.8, 4) is 0 Å². The first kappa shape index (κ1) is 12.5. The van der Waals surface area contributed by atoms with Gasteiger partial charge in [0.25, 0.3) is 0 Å². The molecule has 0 saturated heterocycles. The number of hydrogen-bond acceptors (Lipinski definition) is 2. The van der Waals surface area contributed by atoms with E-state index in [4.69, 9.17) is 0 Å². The number of hydrogen-bond donors (Lipinski definition) is 0. The zero-order chi connectivity index (χ0) is 14.3. The van der Waals surface area contributed by atoms with E-state index in [1.807, 2.05) is 48.5 Å². The number of Topliss-reactive ketones (excluding diaryl/α,β-unsaturated/α-hetero) is 2. The van der Waals surface area contributed by atoms with Crippen molar-refractivity contribution < 1.29 is 9.59 Å². The van der Waals surface area contributed by atoms with Crippen LogP contribution in [0.15, 0.2) is 48.5 Å². The summed E-state index contributed by atoms with van der Waals surface area (Å²) in [7, 11) is 0. The van der Waals surface area contributed by atoms with Crippen LogP contribution >= 0.6 is 0 Å². The molecule has 0 aliphatic carbocycles. The van der Waals surface area contributed by atoms with Crippen LogP contribution in [0.3, 0.4) is 0 Å². The van der Waals surface area contributed by atoms with Gasteiger partial charge >= 0.3 is 0 Å². The van der Waals surface area contributed by atoms with Crippen molar-refractivity contribution in [2.75, 3.05) is 0 Å². The maximum Gasteiger partial charge on any atom is 0.161 e. The maximum absolute atomic E-state index is 12.1. The summed E-state index contributed by atoms with van der Waals surface area (Å²) in [6.07, 6.45) is 0. The molecule has 0 atom stereocenters. The van der Waals surface area contributed by atoms with Gasteiger partial charge in [0.15, 0.2) is 11.6 Å². The van der Waals surface area contributed by atoms with Crippen LogP contribution in [0, 0.1) is 0 Å². The lowest BCUT2D eigenvalue weighted by Crippen LogP contribution is -2.02. The molecule has 2 heteroatoms. The van der Waals surface area contributed by atoms with E-state index in [1.54, 1.807) is 13.8 Å². The average Bonchev–Trinajstić information content (AvgIpc) is 2.43. The average molecular weight is 262 g/mol. The van der Waals surface area contributed by atoms with Gasteiger partial charge in [-0.3, -0.25) is 9.59 Å². The lowest BCUT2D eigenvalue weighted by Gasteiger charge is -2.13. The summed E-state index contributed by atoms with van der Waals surface area (Å²) in [4.78, 5) is 24.1. The Bertz CT molecular complexity index is 731. The summed E-state index contributed by atoms with van der Waals surface area (Å²) < 4.78 is 0. The highest BCUT2D eigenvalue weighted by molar-refractivity contribution is 6.26. The van der Waals surface area contributed by atoms with Gasteiger partial charge in [-0.2, -0.15) is 0 Å². The van der Waals surface area contributed by atoms with Crippen LogP contribution in [0.25, 0.3) is 21.5 Å². The van der Waals surface area contributed by atoms with E-state index in [-0.39, 0.29) is 11.6 Å². The molecule has 0 spiro atoms. The fourth-order valence-corrected chi connectivity index (χ4v) is 2.89. The minimum absolute atomic E-state index is 0.0208. The molecule has 2 nitrogen and oxygen atoms in total. The molecule has 3 aromatic rings. The highest BCUT2D eigenvalue weighted by Crippen LogP contribution is 2.33. The van der Waals surface area contributed by atoms with Crippen LogP contribution in [-0.2, 0) is 0 Å². The smallest absolute Gasteiger partial charge is 0.161 e. The molecule has 0 fully saturated rings. The molecule has 0 bridgehead atoms. The fourth-order valence-electron chi connectivity index (χ4n) is 2.89. The third-order valence-electron chi connectivity index (χ3n) is 3.64. The van der Waals surface area contributed by atoms with Gasteiger partial charge in [0.2, 0.25) is 0 Å².